The summed E-state index contributed by atoms with van der Waals surface area (Å²) in [5.74, 6) is -1.07. The predicted molar refractivity (Wildman–Crippen MR) is 79.4 cm³/mol. The van der Waals surface area contributed by atoms with Crippen molar-refractivity contribution in [2.45, 2.75) is 13.3 Å². The maximum absolute atomic E-state index is 12.6. The Morgan fingerprint density at radius 2 is 1.90 bits per heavy atom. The second-order valence-corrected chi connectivity index (χ2v) is 5.15. The number of aryl methyl sites for hydroxylation is 1. The Hall–Kier alpha value is -2.14. The summed E-state index contributed by atoms with van der Waals surface area (Å²) in [6.45, 7) is 2.04. The minimum Gasteiger partial charge on any atom is -0.481 e. The summed E-state index contributed by atoms with van der Waals surface area (Å²) >= 11 is 1.47. The van der Waals surface area contributed by atoms with Crippen LogP contribution < -0.4 is 4.90 Å². The first-order chi connectivity index (χ1) is 9.59. The minimum atomic E-state index is -0.916. The fourth-order valence-corrected chi connectivity index (χ4v) is 2.71. The van der Waals surface area contributed by atoms with E-state index in [1.54, 1.807) is 17.5 Å². The van der Waals surface area contributed by atoms with Crippen LogP contribution in [0.15, 0.2) is 41.1 Å². The van der Waals surface area contributed by atoms with Crippen molar-refractivity contribution in [3.05, 3.63) is 52.2 Å². The van der Waals surface area contributed by atoms with E-state index in [2.05, 4.69) is 0 Å². The highest BCUT2D eigenvalue weighted by Gasteiger charge is 2.20. The Kier molecular flexibility index (Phi) is 4.53. The zero-order valence-corrected chi connectivity index (χ0v) is 11.9. The number of carbonyl (C=O) groups excluding carboxylic acids is 1. The number of anilines is 1. The fraction of sp³-hybridized carbons (Fsp3) is 0.200. The lowest BCUT2D eigenvalue weighted by atomic mass is 10.1. The quantitative estimate of drug-likeness (QED) is 0.919. The van der Waals surface area contributed by atoms with Gasteiger partial charge in [-0.15, -0.1) is 0 Å². The number of carboxylic acid groups (broad SMARTS) is 1. The molecule has 1 heterocycles. The van der Waals surface area contributed by atoms with Crippen molar-refractivity contribution in [3.63, 3.8) is 0 Å². The van der Waals surface area contributed by atoms with Crippen molar-refractivity contribution in [1.29, 1.82) is 0 Å². The predicted octanol–water partition coefficient (Wildman–Crippen LogP) is 3.18. The number of aliphatic carboxylic acids is 1. The van der Waals surface area contributed by atoms with E-state index in [0.29, 0.717) is 11.3 Å². The van der Waals surface area contributed by atoms with E-state index in [1.807, 2.05) is 30.5 Å². The monoisotopic (exact) mass is 289 g/mol. The van der Waals surface area contributed by atoms with Crippen molar-refractivity contribution < 1.29 is 14.7 Å². The first-order valence-corrected chi connectivity index (χ1v) is 7.15. The number of rotatable bonds is 5. The lowest BCUT2D eigenvalue weighted by Crippen LogP contribution is -2.33. The molecule has 0 fully saturated rings. The molecule has 0 saturated carbocycles. The molecular formula is C15H15NO3S. The third-order valence-electron chi connectivity index (χ3n) is 2.95. The van der Waals surface area contributed by atoms with E-state index in [9.17, 15) is 9.59 Å². The van der Waals surface area contributed by atoms with Crippen molar-refractivity contribution in [1.82, 2.24) is 0 Å². The highest BCUT2D eigenvalue weighted by Crippen LogP contribution is 2.21. The van der Waals surface area contributed by atoms with E-state index < -0.39 is 5.97 Å². The fourth-order valence-electron chi connectivity index (χ4n) is 1.89. The van der Waals surface area contributed by atoms with E-state index in [1.165, 1.54) is 16.2 Å². The number of thiophene rings is 1. The number of hydrogen-bond acceptors (Lipinski definition) is 3. The first kappa shape index (κ1) is 14.3. The minimum absolute atomic E-state index is 0.0795. The number of carbonyl (C=O) groups is 2. The second-order valence-electron chi connectivity index (χ2n) is 4.40. The number of benzene rings is 1. The molecule has 0 aliphatic heterocycles. The van der Waals surface area contributed by atoms with Crippen LogP contribution in [0.4, 0.5) is 5.69 Å². The smallest absolute Gasteiger partial charge is 0.305 e. The molecule has 0 aliphatic rings. The number of nitrogens with zero attached hydrogens (tertiary/aromatic N) is 1. The van der Waals surface area contributed by atoms with Gasteiger partial charge in [-0.05, 0) is 30.0 Å². The Bertz CT molecular complexity index is 607. The second kappa shape index (κ2) is 6.34. The summed E-state index contributed by atoms with van der Waals surface area (Å²) in [6, 6.07) is 9.13. The van der Waals surface area contributed by atoms with Gasteiger partial charge in [-0.2, -0.15) is 11.3 Å². The van der Waals surface area contributed by atoms with E-state index in [-0.39, 0.29) is 18.9 Å². The zero-order chi connectivity index (χ0) is 14.5. The normalized spacial score (nSPS) is 10.2. The standard InChI is InChI=1S/C15H15NO3S/c1-11-9-20-10-13(11)15(19)16(8-7-14(17)18)12-5-3-2-4-6-12/h2-6,9-10H,7-8H2,1H3,(H,17,18). The van der Waals surface area contributed by atoms with Crippen LogP contribution in [0, 0.1) is 6.92 Å². The number of amides is 1. The van der Waals surface area contributed by atoms with Crippen LogP contribution in [0.1, 0.15) is 22.3 Å². The Morgan fingerprint density at radius 3 is 2.45 bits per heavy atom. The number of carboxylic acids is 1. The molecule has 0 radical (unpaired) electrons. The molecule has 1 aromatic heterocycles. The summed E-state index contributed by atoms with van der Waals surface area (Å²) in [4.78, 5) is 24.9. The lowest BCUT2D eigenvalue weighted by Gasteiger charge is -2.22. The van der Waals surface area contributed by atoms with Crippen molar-refractivity contribution in [2.24, 2.45) is 0 Å². The molecule has 5 heteroatoms. The summed E-state index contributed by atoms with van der Waals surface area (Å²) in [7, 11) is 0. The molecule has 1 N–H and O–H groups in total. The topological polar surface area (TPSA) is 57.6 Å². The molecule has 0 bridgehead atoms. The van der Waals surface area contributed by atoms with Crippen molar-refractivity contribution in [2.75, 3.05) is 11.4 Å². The Morgan fingerprint density at radius 1 is 1.20 bits per heavy atom. The van der Waals surface area contributed by atoms with Crippen LogP contribution >= 0.6 is 11.3 Å². The van der Waals surface area contributed by atoms with Gasteiger partial charge in [0.15, 0.2) is 0 Å². The van der Waals surface area contributed by atoms with Crippen molar-refractivity contribution in [3.8, 4) is 0 Å². The van der Waals surface area contributed by atoms with Gasteiger partial charge in [-0.3, -0.25) is 9.59 Å². The first-order valence-electron chi connectivity index (χ1n) is 6.21. The molecule has 104 valence electrons. The van der Waals surface area contributed by atoms with Gasteiger partial charge >= 0.3 is 5.97 Å². The third kappa shape index (κ3) is 3.24. The average Bonchev–Trinajstić information content (AvgIpc) is 2.86. The highest BCUT2D eigenvalue weighted by atomic mass is 32.1. The molecule has 0 saturated heterocycles. The van der Waals surface area contributed by atoms with Crippen LogP contribution in [0.5, 0.6) is 0 Å². The molecule has 0 spiro atoms. The summed E-state index contributed by atoms with van der Waals surface area (Å²) in [5.41, 5.74) is 2.25. The molecule has 1 amide bonds. The molecule has 2 rings (SSSR count). The van der Waals surface area contributed by atoms with Crippen molar-refractivity contribution >= 4 is 28.9 Å². The largest absolute Gasteiger partial charge is 0.481 e. The lowest BCUT2D eigenvalue weighted by molar-refractivity contribution is -0.136. The summed E-state index contributed by atoms with van der Waals surface area (Å²) in [5, 5.41) is 12.6. The van der Waals surface area contributed by atoms with Gasteiger partial charge in [0.2, 0.25) is 0 Å². The highest BCUT2D eigenvalue weighted by molar-refractivity contribution is 7.08. The van der Waals surface area contributed by atoms with E-state index in [0.717, 1.165) is 5.56 Å². The molecule has 20 heavy (non-hydrogen) atoms. The van der Waals surface area contributed by atoms with E-state index >= 15 is 0 Å². The van der Waals surface area contributed by atoms with Crippen LogP contribution in [0.2, 0.25) is 0 Å². The van der Waals surface area contributed by atoms with Crippen LogP contribution in [-0.2, 0) is 4.79 Å². The summed E-state index contributed by atoms with van der Waals surface area (Å²) < 4.78 is 0. The molecule has 1 aromatic carbocycles. The molecule has 0 aliphatic carbocycles. The molecule has 0 unspecified atom stereocenters. The van der Waals surface area contributed by atoms with Gasteiger partial charge < -0.3 is 10.0 Å². The molecular weight excluding hydrogens is 274 g/mol. The Balaban J connectivity index is 2.29. The molecule has 2 aromatic rings. The number of para-hydroxylation sites is 1. The molecule has 0 atom stereocenters. The summed E-state index contributed by atoms with van der Waals surface area (Å²) in [6.07, 6.45) is -0.0795. The van der Waals surface area contributed by atoms with Gasteiger partial charge in [0, 0.05) is 17.6 Å². The molecule has 4 nitrogen and oxygen atoms in total. The third-order valence-corrected chi connectivity index (χ3v) is 3.81. The van der Waals surface area contributed by atoms with Gasteiger partial charge in [-0.1, -0.05) is 18.2 Å². The zero-order valence-electron chi connectivity index (χ0n) is 11.1. The maximum atomic E-state index is 12.6. The van der Waals surface area contributed by atoms with Crippen LogP contribution in [-0.4, -0.2) is 23.5 Å². The van der Waals surface area contributed by atoms with Gasteiger partial charge in [-0.25, -0.2) is 0 Å². The average molecular weight is 289 g/mol. The van der Waals surface area contributed by atoms with Gasteiger partial charge in [0.1, 0.15) is 0 Å². The van der Waals surface area contributed by atoms with Crippen LogP contribution in [0.25, 0.3) is 0 Å². The SMILES string of the molecule is Cc1cscc1C(=O)N(CCC(=O)O)c1ccccc1. The number of hydrogen-bond donors (Lipinski definition) is 1. The van der Waals surface area contributed by atoms with E-state index in [4.69, 9.17) is 5.11 Å². The van der Waals surface area contributed by atoms with Crippen LogP contribution in [0.3, 0.4) is 0 Å². The van der Waals surface area contributed by atoms with Gasteiger partial charge in [0.25, 0.3) is 5.91 Å². The maximum Gasteiger partial charge on any atom is 0.305 e. The van der Waals surface area contributed by atoms with Gasteiger partial charge in [0.05, 0.1) is 12.0 Å². The Labute approximate surface area is 121 Å².